The molecule has 2 rings (SSSR count). The monoisotopic (exact) mass is 325 g/mol. The van der Waals surface area contributed by atoms with Crippen LogP contribution in [0.2, 0.25) is 0 Å². The van der Waals surface area contributed by atoms with Gasteiger partial charge in [0.15, 0.2) is 5.96 Å². The van der Waals surface area contributed by atoms with Gasteiger partial charge in [0.05, 0.1) is 13.2 Å². The van der Waals surface area contributed by atoms with Crippen LogP contribution in [0, 0.1) is 5.92 Å². The molecule has 0 aromatic rings. The van der Waals surface area contributed by atoms with Gasteiger partial charge in [-0.3, -0.25) is 9.89 Å². The summed E-state index contributed by atoms with van der Waals surface area (Å²) in [5.74, 6) is 1.57. The van der Waals surface area contributed by atoms with Crippen molar-refractivity contribution in [3.05, 3.63) is 0 Å². The van der Waals surface area contributed by atoms with Crippen molar-refractivity contribution in [1.82, 2.24) is 20.4 Å². The van der Waals surface area contributed by atoms with Crippen LogP contribution in [-0.4, -0.2) is 87.9 Å². The normalized spacial score (nSPS) is 22.3. The van der Waals surface area contributed by atoms with Crippen LogP contribution < -0.4 is 10.6 Å². The first kappa shape index (κ1) is 18.5. The molecule has 2 N–H and O–H groups in total. The van der Waals surface area contributed by atoms with E-state index in [1.165, 1.54) is 32.5 Å². The first-order chi connectivity index (χ1) is 11.3. The number of hydrogen-bond donors (Lipinski definition) is 2. The quantitative estimate of drug-likeness (QED) is 0.506. The molecule has 0 spiro atoms. The van der Waals surface area contributed by atoms with Crippen LogP contribution in [0.15, 0.2) is 4.99 Å². The Morgan fingerprint density at radius 1 is 1.09 bits per heavy atom. The third-order valence-corrected chi connectivity index (χ3v) is 4.50. The van der Waals surface area contributed by atoms with E-state index < -0.39 is 0 Å². The third-order valence-electron chi connectivity index (χ3n) is 4.50. The molecule has 0 aromatic carbocycles. The average Bonchev–Trinajstić information content (AvgIpc) is 3.06. The minimum Gasteiger partial charge on any atom is -0.379 e. The van der Waals surface area contributed by atoms with Gasteiger partial charge in [0, 0.05) is 45.8 Å². The lowest BCUT2D eigenvalue weighted by molar-refractivity contribution is 0.0389. The van der Waals surface area contributed by atoms with Gasteiger partial charge in [-0.1, -0.05) is 6.92 Å². The summed E-state index contributed by atoms with van der Waals surface area (Å²) in [5.41, 5.74) is 0. The number of nitrogens with zero attached hydrogens (tertiary/aromatic N) is 3. The van der Waals surface area contributed by atoms with Gasteiger partial charge in [-0.05, 0) is 38.8 Å². The van der Waals surface area contributed by atoms with E-state index >= 15 is 0 Å². The fraction of sp³-hybridized carbons (Fsp3) is 0.941. The molecule has 0 aromatic heterocycles. The summed E-state index contributed by atoms with van der Waals surface area (Å²) < 4.78 is 5.38. The number of aliphatic imine (C=N–C) groups is 1. The van der Waals surface area contributed by atoms with E-state index in [1.807, 2.05) is 0 Å². The second-order valence-corrected chi connectivity index (χ2v) is 6.71. The Hall–Kier alpha value is -0.850. The highest BCUT2D eigenvalue weighted by Gasteiger charge is 2.14. The molecule has 0 aliphatic carbocycles. The van der Waals surface area contributed by atoms with E-state index in [2.05, 4.69) is 34.3 Å². The van der Waals surface area contributed by atoms with Crippen molar-refractivity contribution in [2.24, 2.45) is 10.9 Å². The van der Waals surface area contributed by atoms with Crippen LogP contribution in [-0.2, 0) is 4.74 Å². The minimum atomic E-state index is 0.614. The zero-order valence-corrected chi connectivity index (χ0v) is 15.0. The first-order valence-electron chi connectivity index (χ1n) is 9.32. The van der Waals surface area contributed by atoms with E-state index in [9.17, 15) is 0 Å². The number of rotatable bonds is 8. The summed E-state index contributed by atoms with van der Waals surface area (Å²) in [6.45, 7) is 15.7. The molecule has 6 nitrogen and oxygen atoms in total. The zero-order chi connectivity index (χ0) is 16.3. The fourth-order valence-electron chi connectivity index (χ4n) is 3.21. The van der Waals surface area contributed by atoms with Gasteiger partial charge >= 0.3 is 0 Å². The maximum Gasteiger partial charge on any atom is 0.191 e. The van der Waals surface area contributed by atoms with Crippen molar-refractivity contribution in [3.8, 4) is 0 Å². The van der Waals surface area contributed by atoms with E-state index in [1.54, 1.807) is 0 Å². The van der Waals surface area contributed by atoms with Crippen molar-refractivity contribution in [2.75, 3.05) is 72.1 Å². The van der Waals surface area contributed by atoms with Gasteiger partial charge in [-0.25, -0.2) is 0 Å². The fourth-order valence-corrected chi connectivity index (χ4v) is 3.21. The molecule has 23 heavy (non-hydrogen) atoms. The summed E-state index contributed by atoms with van der Waals surface area (Å²) in [5, 5.41) is 6.81. The molecule has 2 aliphatic heterocycles. The number of guanidine groups is 1. The Labute approximate surface area is 141 Å². The van der Waals surface area contributed by atoms with E-state index in [0.717, 1.165) is 58.4 Å². The molecular weight excluding hydrogens is 290 g/mol. The highest BCUT2D eigenvalue weighted by atomic mass is 16.5. The molecule has 0 amide bonds. The van der Waals surface area contributed by atoms with Crippen molar-refractivity contribution >= 4 is 5.96 Å². The SMILES string of the molecule is CCNC(=NCC(C)CN1CCCC1)NCCN1CCOCC1. The molecule has 1 unspecified atom stereocenters. The highest BCUT2D eigenvalue weighted by molar-refractivity contribution is 5.79. The van der Waals surface area contributed by atoms with Crippen LogP contribution in [0.1, 0.15) is 26.7 Å². The van der Waals surface area contributed by atoms with Gasteiger partial charge in [-0.2, -0.15) is 0 Å². The molecule has 2 saturated heterocycles. The number of nitrogens with one attached hydrogen (secondary N) is 2. The second kappa shape index (κ2) is 10.8. The lowest BCUT2D eigenvalue weighted by atomic mass is 10.2. The topological polar surface area (TPSA) is 52.1 Å². The second-order valence-electron chi connectivity index (χ2n) is 6.71. The van der Waals surface area contributed by atoms with Gasteiger partial charge in [0.2, 0.25) is 0 Å². The Bertz CT molecular complexity index is 338. The lowest BCUT2D eigenvalue weighted by Crippen LogP contribution is -2.44. The molecule has 2 fully saturated rings. The van der Waals surface area contributed by atoms with Gasteiger partial charge in [-0.15, -0.1) is 0 Å². The molecule has 2 heterocycles. The predicted molar refractivity (Wildman–Crippen MR) is 96.1 cm³/mol. The van der Waals surface area contributed by atoms with Crippen LogP contribution in [0.25, 0.3) is 0 Å². The third kappa shape index (κ3) is 7.50. The lowest BCUT2D eigenvalue weighted by Gasteiger charge is -2.26. The Morgan fingerprint density at radius 3 is 2.52 bits per heavy atom. The number of ether oxygens (including phenoxy) is 1. The maximum absolute atomic E-state index is 5.38. The summed E-state index contributed by atoms with van der Waals surface area (Å²) in [6, 6.07) is 0. The van der Waals surface area contributed by atoms with Gasteiger partial charge in [0.25, 0.3) is 0 Å². The summed E-state index contributed by atoms with van der Waals surface area (Å²) in [4.78, 5) is 9.77. The maximum atomic E-state index is 5.38. The van der Waals surface area contributed by atoms with Gasteiger partial charge in [0.1, 0.15) is 0 Å². The highest BCUT2D eigenvalue weighted by Crippen LogP contribution is 2.10. The van der Waals surface area contributed by atoms with Crippen molar-refractivity contribution in [3.63, 3.8) is 0 Å². The molecule has 0 bridgehead atoms. The molecule has 0 saturated carbocycles. The number of hydrogen-bond acceptors (Lipinski definition) is 4. The summed E-state index contributed by atoms with van der Waals surface area (Å²) >= 11 is 0. The molecular formula is C17H35N5O. The molecule has 6 heteroatoms. The molecule has 1 atom stereocenters. The Kier molecular flexibility index (Phi) is 8.71. The smallest absolute Gasteiger partial charge is 0.191 e. The Balaban J connectivity index is 1.65. The zero-order valence-electron chi connectivity index (χ0n) is 15.0. The minimum absolute atomic E-state index is 0.614. The van der Waals surface area contributed by atoms with Gasteiger partial charge < -0.3 is 20.3 Å². The van der Waals surface area contributed by atoms with E-state index in [0.29, 0.717) is 5.92 Å². The van der Waals surface area contributed by atoms with Crippen molar-refractivity contribution < 1.29 is 4.74 Å². The molecule has 134 valence electrons. The summed E-state index contributed by atoms with van der Waals surface area (Å²) in [7, 11) is 0. The van der Waals surface area contributed by atoms with Crippen molar-refractivity contribution in [2.45, 2.75) is 26.7 Å². The standard InChI is InChI=1S/C17H35N5O/c1-3-18-17(19-6-9-21-10-12-23-13-11-21)20-14-16(2)15-22-7-4-5-8-22/h16H,3-15H2,1-2H3,(H2,18,19,20). The summed E-state index contributed by atoms with van der Waals surface area (Å²) in [6.07, 6.45) is 2.73. The molecule has 2 aliphatic rings. The largest absolute Gasteiger partial charge is 0.379 e. The number of likely N-dealkylation sites (tertiary alicyclic amines) is 1. The van der Waals surface area contributed by atoms with Crippen molar-refractivity contribution in [1.29, 1.82) is 0 Å². The number of morpholine rings is 1. The van der Waals surface area contributed by atoms with Crippen LogP contribution in [0.4, 0.5) is 0 Å². The molecule has 0 radical (unpaired) electrons. The van der Waals surface area contributed by atoms with Crippen LogP contribution >= 0.6 is 0 Å². The Morgan fingerprint density at radius 2 is 1.83 bits per heavy atom. The van der Waals surface area contributed by atoms with E-state index in [4.69, 9.17) is 9.73 Å². The van der Waals surface area contributed by atoms with Crippen LogP contribution in [0.5, 0.6) is 0 Å². The average molecular weight is 326 g/mol. The van der Waals surface area contributed by atoms with Crippen LogP contribution in [0.3, 0.4) is 0 Å². The predicted octanol–water partition coefficient (Wildman–Crippen LogP) is 0.606. The first-order valence-corrected chi connectivity index (χ1v) is 9.32. The van der Waals surface area contributed by atoms with E-state index in [-0.39, 0.29) is 0 Å².